The van der Waals surface area contributed by atoms with Crippen molar-refractivity contribution in [2.75, 3.05) is 0 Å². The molecule has 96 valence electrons. The molecular weight excluding hydrogens is 276 g/mol. The van der Waals surface area contributed by atoms with E-state index in [0.717, 1.165) is 6.42 Å². The summed E-state index contributed by atoms with van der Waals surface area (Å²) in [5, 5.41) is 10.4. The number of alkyl halides is 1. The molecule has 1 N–H and O–H groups in total. The highest BCUT2D eigenvalue weighted by Gasteiger charge is 2.39. The molecule has 0 saturated heterocycles. The number of allylic oxidation sites excluding steroid dienone is 1. The molecule has 0 aromatic rings. The average Bonchev–Trinajstić information content (AvgIpc) is 2.54. The maximum atomic E-state index is 10.4. The van der Waals surface area contributed by atoms with Gasteiger partial charge in [-0.15, -0.1) is 0 Å². The lowest BCUT2D eigenvalue weighted by Gasteiger charge is -2.34. The molecule has 0 radical (unpaired) electrons. The van der Waals surface area contributed by atoms with Gasteiger partial charge in [-0.1, -0.05) is 48.9 Å². The van der Waals surface area contributed by atoms with Crippen molar-refractivity contribution in [1.29, 1.82) is 0 Å². The van der Waals surface area contributed by atoms with Crippen LogP contribution in [0.1, 0.15) is 40.5 Å². The minimum Gasteiger partial charge on any atom is -0.385 e. The van der Waals surface area contributed by atoms with Crippen LogP contribution in [-0.4, -0.2) is 15.5 Å². The third-order valence-electron chi connectivity index (χ3n) is 4.19. The average molecular weight is 299 g/mol. The molecule has 0 aliphatic heterocycles. The van der Waals surface area contributed by atoms with Gasteiger partial charge in [-0.05, 0) is 48.7 Å². The van der Waals surface area contributed by atoms with Crippen molar-refractivity contribution in [3.63, 3.8) is 0 Å². The van der Waals surface area contributed by atoms with E-state index in [0.29, 0.717) is 22.6 Å². The third kappa shape index (κ3) is 2.39. The summed E-state index contributed by atoms with van der Waals surface area (Å²) >= 11 is 3.82. The molecule has 0 heterocycles. The fraction of sp³-hybridized carbons (Fsp3) is 0.733. The first-order valence-corrected chi connectivity index (χ1v) is 7.53. The van der Waals surface area contributed by atoms with Gasteiger partial charge in [0.1, 0.15) is 0 Å². The number of halogens is 1. The maximum absolute atomic E-state index is 10.4. The number of fused-ring (bicyclic) bond motifs is 1. The Bertz CT molecular complexity index is 365. The minimum absolute atomic E-state index is 0.510. The van der Waals surface area contributed by atoms with Crippen molar-refractivity contribution in [1.82, 2.24) is 0 Å². The third-order valence-corrected chi connectivity index (χ3v) is 5.93. The van der Waals surface area contributed by atoms with Gasteiger partial charge in [-0.25, -0.2) is 0 Å². The molecule has 2 aliphatic rings. The Morgan fingerprint density at radius 2 is 2.12 bits per heavy atom. The molecule has 2 aliphatic carbocycles. The van der Waals surface area contributed by atoms with E-state index >= 15 is 0 Å². The van der Waals surface area contributed by atoms with Crippen LogP contribution in [0, 0.1) is 17.8 Å². The van der Waals surface area contributed by atoms with E-state index < -0.39 is 5.60 Å². The minimum atomic E-state index is -0.633. The van der Waals surface area contributed by atoms with Crippen LogP contribution in [0.4, 0.5) is 0 Å². The molecule has 0 saturated carbocycles. The Labute approximate surface area is 113 Å². The predicted molar refractivity (Wildman–Crippen MR) is 76.2 cm³/mol. The molecule has 4 atom stereocenters. The van der Waals surface area contributed by atoms with E-state index in [-0.39, 0.29) is 0 Å². The fourth-order valence-corrected chi connectivity index (χ4v) is 3.48. The van der Waals surface area contributed by atoms with Crippen LogP contribution in [0.5, 0.6) is 0 Å². The molecule has 2 rings (SSSR count). The van der Waals surface area contributed by atoms with Gasteiger partial charge in [0.15, 0.2) is 0 Å². The van der Waals surface area contributed by atoms with Crippen molar-refractivity contribution >= 4 is 15.9 Å². The highest BCUT2D eigenvalue weighted by atomic mass is 79.9. The van der Waals surface area contributed by atoms with E-state index in [2.05, 4.69) is 48.9 Å². The van der Waals surface area contributed by atoms with Crippen LogP contribution in [0.2, 0.25) is 0 Å². The molecule has 17 heavy (non-hydrogen) atoms. The molecule has 1 nitrogen and oxygen atoms in total. The van der Waals surface area contributed by atoms with E-state index in [4.69, 9.17) is 0 Å². The molecule has 0 bridgehead atoms. The molecular formula is C15H23BrO. The van der Waals surface area contributed by atoms with Crippen LogP contribution in [0.25, 0.3) is 0 Å². The van der Waals surface area contributed by atoms with Crippen LogP contribution in [-0.2, 0) is 0 Å². The maximum Gasteiger partial charge on any atom is 0.0902 e. The molecule has 0 aromatic heterocycles. The van der Waals surface area contributed by atoms with Crippen molar-refractivity contribution in [2.24, 2.45) is 17.8 Å². The van der Waals surface area contributed by atoms with Gasteiger partial charge in [0.05, 0.1) is 5.60 Å². The highest BCUT2D eigenvalue weighted by Crippen LogP contribution is 2.46. The van der Waals surface area contributed by atoms with Gasteiger partial charge in [0, 0.05) is 4.83 Å². The zero-order valence-corrected chi connectivity index (χ0v) is 12.8. The van der Waals surface area contributed by atoms with E-state index in [1.54, 1.807) is 0 Å². The van der Waals surface area contributed by atoms with E-state index in [1.807, 2.05) is 6.92 Å². The van der Waals surface area contributed by atoms with Crippen LogP contribution < -0.4 is 0 Å². The van der Waals surface area contributed by atoms with Crippen molar-refractivity contribution < 1.29 is 5.11 Å². The molecule has 0 spiro atoms. The van der Waals surface area contributed by atoms with Crippen LogP contribution in [0.3, 0.4) is 0 Å². The molecule has 0 amide bonds. The summed E-state index contributed by atoms with van der Waals surface area (Å²) in [5.74, 6) is 1.75. The Morgan fingerprint density at radius 3 is 2.71 bits per heavy atom. The summed E-state index contributed by atoms with van der Waals surface area (Å²) in [6, 6.07) is 0. The van der Waals surface area contributed by atoms with Crippen LogP contribution >= 0.6 is 15.9 Å². The zero-order valence-electron chi connectivity index (χ0n) is 11.2. The second-order valence-corrected chi connectivity index (χ2v) is 7.26. The van der Waals surface area contributed by atoms with E-state index in [1.165, 1.54) is 17.6 Å². The monoisotopic (exact) mass is 298 g/mol. The lowest BCUT2D eigenvalue weighted by atomic mass is 9.75. The van der Waals surface area contributed by atoms with Crippen molar-refractivity contribution in [3.8, 4) is 0 Å². The predicted octanol–water partition coefficient (Wildman–Crippen LogP) is 4.07. The first-order chi connectivity index (χ1) is 7.83. The second-order valence-electron chi connectivity index (χ2n) is 6.21. The zero-order chi connectivity index (χ0) is 12.8. The topological polar surface area (TPSA) is 20.2 Å². The van der Waals surface area contributed by atoms with Crippen LogP contribution in [0.15, 0.2) is 23.3 Å². The quantitative estimate of drug-likeness (QED) is 0.762. The van der Waals surface area contributed by atoms with Gasteiger partial charge < -0.3 is 5.11 Å². The van der Waals surface area contributed by atoms with Gasteiger partial charge in [0.25, 0.3) is 0 Å². The molecule has 2 heteroatoms. The van der Waals surface area contributed by atoms with Gasteiger partial charge in [-0.2, -0.15) is 0 Å². The SMILES string of the molecule is CC(C)[C@@H](Br)[C@H]1C=C2C(=CC[C@]2(C)O)[C@H](C)C1. The molecule has 0 aromatic carbocycles. The smallest absolute Gasteiger partial charge is 0.0902 e. The number of hydrogen-bond acceptors (Lipinski definition) is 1. The molecule has 0 unspecified atom stereocenters. The number of rotatable bonds is 2. The van der Waals surface area contributed by atoms with Gasteiger partial charge >= 0.3 is 0 Å². The lowest BCUT2D eigenvalue weighted by molar-refractivity contribution is 0.108. The molecule has 0 fully saturated rings. The summed E-state index contributed by atoms with van der Waals surface area (Å²) in [5.41, 5.74) is 1.94. The first kappa shape index (κ1) is 13.4. The Balaban J connectivity index is 2.30. The largest absolute Gasteiger partial charge is 0.385 e. The number of aliphatic hydroxyl groups is 1. The number of hydrogen-bond donors (Lipinski definition) is 1. The summed E-state index contributed by atoms with van der Waals surface area (Å²) in [6.07, 6.45) is 6.52. The van der Waals surface area contributed by atoms with Crippen molar-refractivity contribution in [2.45, 2.75) is 51.0 Å². The second kappa shape index (κ2) is 4.55. The van der Waals surface area contributed by atoms with Gasteiger partial charge in [-0.3, -0.25) is 0 Å². The van der Waals surface area contributed by atoms with Crippen molar-refractivity contribution in [3.05, 3.63) is 23.3 Å². The highest BCUT2D eigenvalue weighted by molar-refractivity contribution is 9.09. The van der Waals surface area contributed by atoms with E-state index in [9.17, 15) is 5.11 Å². The van der Waals surface area contributed by atoms with Gasteiger partial charge in [0.2, 0.25) is 0 Å². The summed E-state index contributed by atoms with van der Waals surface area (Å²) < 4.78 is 0. The fourth-order valence-electron chi connectivity index (χ4n) is 3.12. The summed E-state index contributed by atoms with van der Waals surface area (Å²) in [6.45, 7) is 8.73. The normalized spacial score (nSPS) is 38.8. The Kier molecular flexibility index (Phi) is 3.57. The lowest BCUT2D eigenvalue weighted by Crippen LogP contribution is -2.31. The summed E-state index contributed by atoms with van der Waals surface area (Å²) in [4.78, 5) is 0.510. The standard InChI is InChI=1S/C15H23BrO/c1-9(2)14(16)11-7-10(3)12-5-6-15(4,17)13(12)8-11/h5,8-11,14,17H,6-7H2,1-4H3/t10-,11-,14-,15+/m1/s1. The Morgan fingerprint density at radius 1 is 1.47 bits per heavy atom. The first-order valence-electron chi connectivity index (χ1n) is 6.62. The summed E-state index contributed by atoms with van der Waals surface area (Å²) in [7, 11) is 0. The Hall–Kier alpha value is -0.0800.